The number of nitrogens with zero attached hydrogens (tertiary/aromatic N) is 1. The number of alkyl halides is 2. The number of H-pyrrole nitrogens is 1. The molecular weight excluding hydrogens is 212 g/mol. The van der Waals surface area contributed by atoms with Crippen LogP contribution in [0.1, 0.15) is 17.7 Å². The van der Waals surface area contributed by atoms with Gasteiger partial charge in [0, 0.05) is 12.2 Å². The average molecular weight is 219 g/mol. The van der Waals surface area contributed by atoms with Crippen LogP contribution in [0.15, 0.2) is 10.9 Å². The second kappa shape index (κ2) is 4.13. The van der Waals surface area contributed by atoms with Gasteiger partial charge in [-0.1, -0.05) is 0 Å². The van der Waals surface area contributed by atoms with Crippen molar-refractivity contribution in [3.63, 3.8) is 0 Å². The maximum Gasteiger partial charge on any atom is 0.285 e. The molecule has 15 heavy (non-hydrogen) atoms. The molecule has 8 heteroatoms. The SMILES string of the molecule is NCc1[nH]c(=O)cc([N+](=O)[O-])c1C(F)F. The van der Waals surface area contributed by atoms with Crippen molar-refractivity contribution in [1.29, 1.82) is 0 Å². The van der Waals surface area contributed by atoms with E-state index in [1.807, 2.05) is 4.98 Å². The van der Waals surface area contributed by atoms with Crippen molar-refractivity contribution in [2.75, 3.05) is 0 Å². The molecule has 0 radical (unpaired) electrons. The molecule has 0 aromatic carbocycles. The zero-order chi connectivity index (χ0) is 11.6. The summed E-state index contributed by atoms with van der Waals surface area (Å²) in [5, 5.41) is 10.4. The van der Waals surface area contributed by atoms with Gasteiger partial charge < -0.3 is 10.7 Å². The Balaban J connectivity index is 3.54. The van der Waals surface area contributed by atoms with Gasteiger partial charge in [-0.25, -0.2) is 8.78 Å². The Labute approximate surface area is 81.9 Å². The third-order valence-corrected chi connectivity index (χ3v) is 1.76. The number of halogens is 2. The summed E-state index contributed by atoms with van der Waals surface area (Å²) in [6, 6.07) is 0.515. The Morgan fingerprint density at radius 2 is 2.20 bits per heavy atom. The van der Waals surface area contributed by atoms with Crippen molar-refractivity contribution in [3.05, 3.63) is 37.8 Å². The summed E-state index contributed by atoms with van der Waals surface area (Å²) < 4.78 is 25.0. The molecule has 0 aliphatic carbocycles. The molecule has 1 rings (SSSR count). The molecule has 6 nitrogen and oxygen atoms in total. The van der Waals surface area contributed by atoms with Gasteiger partial charge >= 0.3 is 0 Å². The molecule has 1 aromatic rings. The third kappa shape index (κ3) is 2.15. The molecule has 1 aromatic heterocycles. The van der Waals surface area contributed by atoms with Crippen LogP contribution in [0.5, 0.6) is 0 Å². The molecule has 3 N–H and O–H groups in total. The van der Waals surface area contributed by atoms with Crippen molar-refractivity contribution in [2.45, 2.75) is 13.0 Å². The number of nitro groups is 1. The molecule has 0 saturated heterocycles. The molecule has 0 unspecified atom stereocenters. The summed E-state index contributed by atoms with van der Waals surface area (Å²) in [7, 11) is 0. The maximum atomic E-state index is 12.5. The van der Waals surface area contributed by atoms with E-state index in [-0.39, 0.29) is 5.69 Å². The fourth-order valence-electron chi connectivity index (χ4n) is 1.16. The van der Waals surface area contributed by atoms with E-state index in [0.29, 0.717) is 6.07 Å². The van der Waals surface area contributed by atoms with Crippen LogP contribution in [0, 0.1) is 10.1 Å². The van der Waals surface area contributed by atoms with E-state index >= 15 is 0 Å². The second-order valence-electron chi connectivity index (χ2n) is 2.67. The molecule has 0 atom stereocenters. The van der Waals surface area contributed by atoms with Crippen LogP contribution in [0.3, 0.4) is 0 Å². The Morgan fingerprint density at radius 3 is 2.60 bits per heavy atom. The van der Waals surface area contributed by atoms with Crippen LogP contribution in [0.25, 0.3) is 0 Å². The largest absolute Gasteiger partial charge is 0.325 e. The van der Waals surface area contributed by atoms with Gasteiger partial charge in [0.25, 0.3) is 17.7 Å². The lowest BCUT2D eigenvalue weighted by molar-refractivity contribution is -0.386. The number of nitrogens with two attached hydrogens (primary N) is 1. The highest BCUT2D eigenvalue weighted by atomic mass is 19.3. The van der Waals surface area contributed by atoms with E-state index in [9.17, 15) is 23.7 Å². The molecule has 0 fully saturated rings. The molecule has 1 heterocycles. The Bertz CT molecular complexity index is 444. The quantitative estimate of drug-likeness (QED) is 0.576. The van der Waals surface area contributed by atoms with Crippen molar-refractivity contribution in [2.24, 2.45) is 5.73 Å². The lowest BCUT2D eigenvalue weighted by atomic mass is 10.1. The first-order valence-corrected chi connectivity index (χ1v) is 3.86. The van der Waals surface area contributed by atoms with Gasteiger partial charge in [0.2, 0.25) is 0 Å². The highest BCUT2D eigenvalue weighted by Crippen LogP contribution is 2.29. The van der Waals surface area contributed by atoms with Gasteiger partial charge in [-0.05, 0) is 0 Å². The first-order valence-electron chi connectivity index (χ1n) is 3.86. The summed E-state index contributed by atoms with van der Waals surface area (Å²) in [4.78, 5) is 22.3. The predicted molar refractivity (Wildman–Crippen MR) is 46.6 cm³/mol. The zero-order valence-corrected chi connectivity index (χ0v) is 7.37. The zero-order valence-electron chi connectivity index (χ0n) is 7.37. The molecule has 0 saturated carbocycles. The van der Waals surface area contributed by atoms with Gasteiger partial charge in [0.1, 0.15) is 5.56 Å². The lowest BCUT2D eigenvalue weighted by Gasteiger charge is -2.06. The molecule has 0 spiro atoms. The van der Waals surface area contributed by atoms with E-state index in [2.05, 4.69) is 0 Å². The summed E-state index contributed by atoms with van der Waals surface area (Å²) in [6.07, 6.45) is -3.05. The summed E-state index contributed by atoms with van der Waals surface area (Å²) >= 11 is 0. The minimum atomic E-state index is -3.05. The molecule has 0 aliphatic heterocycles. The van der Waals surface area contributed by atoms with E-state index in [0.717, 1.165) is 0 Å². The molecular formula is C7H7F2N3O3. The number of hydrogen-bond donors (Lipinski definition) is 2. The minimum absolute atomic E-state index is 0.316. The maximum absolute atomic E-state index is 12.5. The smallest absolute Gasteiger partial charge is 0.285 e. The van der Waals surface area contributed by atoms with Crippen molar-refractivity contribution < 1.29 is 13.7 Å². The summed E-state index contributed by atoms with van der Waals surface area (Å²) in [5.74, 6) is 0. The van der Waals surface area contributed by atoms with Crippen LogP contribution in [-0.4, -0.2) is 9.91 Å². The number of aromatic amines is 1. The standard InChI is InChI=1S/C7H7F2N3O3/c8-7(9)6-3(2-10)11-5(13)1-4(6)12(14)15/h1,7H,2,10H2,(H,11,13). The van der Waals surface area contributed by atoms with Gasteiger partial charge in [0.05, 0.1) is 11.0 Å². The van der Waals surface area contributed by atoms with Gasteiger partial charge in [-0.2, -0.15) is 0 Å². The van der Waals surface area contributed by atoms with Crippen molar-refractivity contribution in [3.8, 4) is 0 Å². The highest BCUT2D eigenvalue weighted by molar-refractivity contribution is 5.42. The second-order valence-corrected chi connectivity index (χ2v) is 2.67. The van der Waals surface area contributed by atoms with E-state index < -0.39 is 34.7 Å². The monoisotopic (exact) mass is 219 g/mol. The van der Waals surface area contributed by atoms with Crippen LogP contribution < -0.4 is 11.3 Å². The number of rotatable bonds is 3. The van der Waals surface area contributed by atoms with Gasteiger partial charge in [0.15, 0.2) is 0 Å². The Hall–Kier alpha value is -1.83. The number of aromatic nitrogens is 1. The van der Waals surface area contributed by atoms with Gasteiger partial charge in [-0.3, -0.25) is 14.9 Å². The Kier molecular flexibility index (Phi) is 3.10. The van der Waals surface area contributed by atoms with Crippen molar-refractivity contribution >= 4 is 5.69 Å². The van der Waals surface area contributed by atoms with E-state index in [1.165, 1.54) is 0 Å². The minimum Gasteiger partial charge on any atom is -0.325 e. The third-order valence-electron chi connectivity index (χ3n) is 1.76. The molecule has 0 amide bonds. The average Bonchev–Trinajstić information content (AvgIpc) is 2.15. The molecule has 0 bridgehead atoms. The van der Waals surface area contributed by atoms with E-state index in [1.54, 1.807) is 0 Å². The molecule has 82 valence electrons. The normalized spacial score (nSPS) is 10.7. The van der Waals surface area contributed by atoms with Crippen LogP contribution in [0.4, 0.5) is 14.5 Å². The van der Waals surface area contributed by atoms with Crippen LogP contribution in [-0.2, 0) is 6.54 Å². The highest BCUT2D eigenvalue weighted by Gasteiger charge is 2.26. The first kappa shape index (κ1) is 11.2. The van der Waals surface area contributed by atoms with E-state index in [4.69, 9.17) is 5.73 Å². The van der Waals surface area contributed by atoms with Crippen LogP contribution >= 0.6 is 0 Å². The summed E-state index contributed by atoms with van der Waals surface area (Å²) in [5.41, 5.74) is 2.22. The topological polar surface area (TPSA) is 102 Å². The first-order chi connectivity index (χ1) is 6.97. The molecule has 0 aliphatic rings. The summed E-state index contributed by atoms with van der Waals surface area (Å²) in [6.45, 7) is -0.392. The number of pyridine rings is 1. The lowest BCUT2D eigenvalue weighted by Crippen LogP contribution is -2.16. The fourth-order valence-corrected chi connectivity index (χ4v) is 1.16. The number of hydrogen-bond acceptors (Lipinski definition) is 4. The predicted octanol–water partition coefficient (Wildman–Crippen LogP) is 0.679. The van der Waals surface area contributed by atoms with Crippen LogP contribution in [0.2, 0.25) is 0 Å². The Morgan fingerprint density at radius 1 is 1.60 bits per heavy atom. The van der Waals surface area contributed by atoms with Crippen molar-refractivity contribution in [1.82, 2.24) is 4.98 Å². The fraction of sp³-hybridized carbons (Fsp3) is 0.286. The van der Waals surface area contributed by atoms with Gasteiger partial charge in [-0.15, -0.1) is 0 Å². The number of nitrogens with one attached hydrogen (secondary N) is 1.